The first kappa shape index (κ1) is 23.0. The van der Waals surface area contributed by atoms with E-state index in [-0.39, 0.29) is 22.3 Å². The fourth-order valence-corrected chi connectivity index (χ4v) is 4.07. The fourth-order valence-electron chi connectivity index (χ4n) is 2.52. The molecule has 11 nitrogen and oxygen atoms in total. The van der Waals surface area contributed by atoms with Crippen molar-refractivity contribution in [3.63, 3.8) is 0 Å². The largest absolute Gasteiger partial charge is 0.496 e. The molecule has 2 aromatic carbocycles. The number of anilines is 2. The van der Waals surface area contributed by atoms with Gasteiger partial charge in [-0.3, -0.25) is 25.0 Å². The lowest BCUT2D eigenvalue weighted by molar-refractivity contribution is -0.384. The Kier molecular flexibility index (Phi) is 7.57. The number of nitro benzene ring substituents is 1. The van der Waals surface area contributed by atoms with Crippen LogP contribution in [0.15, 0.2) is 46.8 Å². The topological polar surface area (TPSA) is 146 Å². The first-order chi connectivity index (χ1) is 15.4. The normalized spacial score (nSPS) is 10.3. The number of carbonyl (C=O) groups excluding carboxylic acids is 2. The number of aromatic nitrogens is 2. The SMILES string of the molecule is COc1ccc(NC(=O)CSc2nnc(NC(=O)c3ccccc3OC)s2)c([N+](=O)[O-])c1. The maximum Gasteiger partial charge on any atom is 0.296 e. The third-order valence-electron chi connectivity index (χ3n) is 3.98. The molecule has 0 fully saturated rings. The molecule has 0 atom stereocenters. The molecular formula is C19H17N5O6S2. The van der Waals surface area contributed by atoms with Crippen molar-refractivity contribution < 1.29 is 24.0 Å². The Morgan fingerprint density at radius 1 is 1.12 bits per heavy atom. The minimum Gasteiger partial charge on any atom is -0.496 e. The number of benzene rings is 2. The molecule has 2 amide bonds. The van der Waals surface area contributed by atoms with Crippen molar-refractivity contribution in [3.05, 3.63) is 58.1 Å². The van der Waals surface area contributed by atoms with Gasteiger partial charge in [0.15, 0.2) is 4.34 Å². The summed E-state index contributed by atoms with van der Waals surface area (Å²) in [6.07, 6.45) is 0. The van der Waals surface area contributed by atoms with Gasteiger partial charge in [-0.1, -0.05) is 35.2 Å². The highest BCUT2D eigenvalue weighted by atomic mass is 32.2. The van der Waals surface area contributed by atoms with E-state index in [9.17, 15) is 19.7 Å². The Hall–Kier alpha value is -3.71. The zero-order valence-corrected chi connectivity index (χ0v) is 18.5. The number of nitrogens with one attached hydrogen (secondary N) is 2. The molecule has 0 radical (unpaired) electrons. The van der Waals surface area contributed by atoms with Crippen LogP contribution in [0.4, 0.5) is 16.5 Å². The number of amides is 2. The molecule has 32 heavy (non-hydrogen) atoms. The molecule has 13 heteroatoms. The summed E-state index contributed by atoms with van der Waals surface area (Å²) in [5, 5.41) is 24.4. The van der Waals surface area contributed by atoms with E-state index in [2.05, 4.69) is 20.8 Å². The van der Waals surface area contributed by atoms with Crippen molar-refractivity contribution >= 4 is 51.4 Å². The summed E-state index contributed by atoms with van der Waals surface area (Å²) in [5.74, 6) is -0.190. The number of rotatable bonds is 9. The van der Waals surface area contributed by atoms with Gasteiger partial charge in [-0.05, 0) is 24.3 Å². The van der Waals surface area contributed by atoms with Crippen molar-refractivity contribution in [2.75, 3.05) is 30.6 Å². The predicted octanol–water partition coefficient (Wildman–Crippen LogP) is 3.45. The summed E-state index contributed by atoms with van der Waals surface area (Å²) >= 11 is 2.18. The molecule has 0 saturated carbocycles. The maximum absolute atomic E-state index is 12.4. The number of ether oxygens (including phenoxy) is 2. The highest BCUT2D eigenvalue weighted by molar-refractivity contribution is 8.01. The minimum absolute atomic E-state index is 0.0573. The van der Waals surface area contributed by atoms with Crippen molar-refractivity contribution in [1.82, 2.24) is 10.2 Å². The third kappa shape index (κ3) is 5.70. The van der Waals surface area contributed by atoms with Gasteiger partial charge in [0.05, 0.1) is 36.5 Å². The van der Waals surface area contributed by atoms with E-state index in [0.29, 0.717) is 21.4 Å². The fraction of sp³-hybridized carbons (Fsp3) is 0.158. The zero-order chi connectivity index (χ0) is 23.1. The van der Waals surface area contributed by atoms with Gasteiger partial charge in [0, 0.05) is 0 Å². The first-order valence-electron chi connectivity index (χ1n) is 8.94. The molecule has 0 saturated heterocycles. The standard InChI is InChI=1S/C19H17N5O6S2/c1-29-11-7-8-13(14(9-11)24(27)28)20-16(25)10-31-19-23-22-18(32-19)21-17(26)12-5-3-4-6-15(12)30-2/h3-9H,10H2,1-2H3,(H,20,25)(H,21,22,26). The van der Waals surface area contributed by atoms with Gasteiger partial charge in [0.1, 0.15) is 17.2 Å². The molecule has 1 aromatic heterocycles. The third-order valence-corrected chi connectivity index (χ3v) is 5.95. The summed E-state index contributed by atoms with van der Waals surface area (Å²) in [6, 6.07) is 10.9. The summed E-state index contributed by atoms with van der Waals surface area (Å²) in [6.45, 7) is 0. The molecule has 166 valence electrons. The number of hydrogen-bond donors (Lipinski definition) is 2. The van der Waals surface area contributed by atoms with E-state index < -0.39 is 16.7 Å². The molecule has 2 N–H and O–H groups in total. The Labute approximate surface area is 190 Å². The maximum atomic E-state index is 12.4. The number of thioether (sulfide) groups is 1. The molecule has 0 aliphatic heterocycles. The Balaban J connectivity index is 1.58. The summed E-state index contributed by atoms with van der Waals surface area (Å²) in [5.41, 5.74) is 0.128. The zero-order valence-electron chi connectivity index (χ0n) is 16.9. The van der Waals surface area contributed by atoms with E-state index in [1.165, 1.54) is 32.4 Å². The Morgan fingerprint density at radius 3 is 2.62 bits per heavy atom. The highest BCUT2D eigenvalue weighted by Crippen LogP contribution is 2.30. The Morgan fingerprint density at radius 2 is 1.91 bits per heavy atom. The van der Waals surface area contributed by atoms with E-state index in [0.717, 1.165) is 23.1 Å². The van der Waals surface area contributed by atoms with Gasteiger partial charge in [-0.2, -0.15) is 0 Å². The number of methoxy groups -OCH3 is 2. The van der Waals surface area contributed by atoms with Crippen molar-refractivity contribution in [2.24, 2.45) is 0 Å². The number of para-hydroxylation sites is 1. The molecule has 0 unspecified atom stereocenters. The lowest BCUT2D eigenvalue weighted by Gasteiger charge is -2.07. The minimum atomic E-state index is -0.604. The van der Waals surface area contributed by atoms with E-state index in [1.807, 2.05) is 0 Å². The van der Waals surface area contributed by atoms with Gasteiger partial charge in [0.25, 0.3) is 11.6 Å². The first-order valence-corrected chi connectivity index (χ1v) is 10.7. The van der Waals surface area contributed by atoms with E-state index >= 15 is 0 Å². The lowest BCUT2D eigenvalue weighted by atomic mass is 10.2. The van der Waals surface area contributed by atoms with Gasteiger partial charge in [-0.25, -0.2) is 0 Å². The Bertz CT molecular complexity index is 1150. The van der Waals surface area contributed by atoms with Crippen LogP contribution in [-0.2, 0) is 4.79 Å². The smallest absolute Gasteiger partial charge is 0.296 e. The molecular weight excluding hydrogens is 458 g/mol. The van der Waals surface area contributed by atoms with Gasteiger partial charge >= 0.3 is 0 Å². The molecule has 0 aliphatic carbocycles. The molecule has 0 aliphatic rings. The van der Waals surface area contributed by atoms with Gasteiger partial charge < -0.3 is 14.8 Å². The average molecular weight is 476 g/mol. The average Bonchev–Trinajstić information content (AvgIpc) is 3.25. The van der Waals surface area contributed by atoms with Crippen LogP contribution in [-0.4, -0.2) is 46.9 Å². The quantitative estimate of drug-likeness (QED) is 0.206. The summed E-state index contributed by atoms with van der Waals surface area (Å²) in [4.78, 5) is 35.3. The van der Waals surface area contributed by atoms with E-state index in [4.69, 9.17) is 9.47 Å². The summed E-state index contributed by atoms with van der Waals surface area (Å²) < 4.78 is 10.6. The van der Waals surface area contributed by atoms with Crippen LogP contribution < -0.4 is 20.1 Å². The molecule has 3 rings (SSSR count). The van der Waals surface area contributed by atoms with Crippen molar-refractivity contribution in [2.45, 2.75) is 4.34 Å². The van der Waals surface area contributed by atoms with Crippen LogP contribution in [0.25, 0.3) is 0 Å². The summed E-state index contributed by atoms with van der Waals surface area (Å²) in [7, 11) is 2.86. The molecule has 3 aromatic rings. The second-order valence-electron chi connectivity index (χ2n) is 6.00. The monoisotopic (exact) mass is 475 g/mol. The van der Waals surface area contributed by atoms with Crippen LogP contribution in [0.2, 0.25) is 0 Å². The van der Waals surface area contributed by atoms with Crippen LogP contribution in [0, 0.1) is 10.1 Å². The molecule has 0 spiro atoms. The number of nitrogens with zero attached hydrogens (tertiary/aromatic N) is 3. The second-order valence-corrected chi connectivity index (χ2v) is 8.20. The van der Waals surface area contributed by atoms with Crippen LogP contribution >= 0.6 is 23.1 Å². The molecule has 0 bridgehead atoms. The lowest BCUT2D eigenvalue weighted by Crippen LogP contribution is -2.15. The molecule has 1 heterocycles. The van der Waals surface area contributed by atoms with Crippen molar-refractivity contribution in [1.29, 1.82) is 0 Å². The number of carbonyl (C=O) groups is 2. The van der Waals surface area contributed by atoms with Crippen LogP contribution in [0.3, 0.4) is 0 Å². The predicted molar refractivity (Wildman–Crippen MR) is 120 cm³/mol. The van der Waals surface area contributed by atoms with E-state index in [1.54, 1.807) is 24.3 Å². The number of nitro groups is 1. The second kappa shape index (κ2) is 10.5. The van der Waals surface area contributed by atoms with Gasteiger partial charge in [0.2, 0.25) is 11.0 Å². The number of hydrogen-bond acceptors (Lipinski definition) is 10. The van der Waals surface area contributed by atoms with Crippen LogP contribution in [0.5, 0.6) is 11.5 Å². The van der Waals surface area contributed by atoms with Crippen LogP contribution in [0.1, 0.15) is 10.4 Å². The van der Waals surface area contributed by atoms with Crippen molar-refractivity contribution in [3.8, 4) is 11.5 Å². The van der Waals surface area contributed by atoms with Gasteiger partial charge in [-0.15, -0.1) is 10.2 Å². The highest BCUT2D eigenvalue weighted by Gasteiger charge is 2.18.